The van der Waals surface area contributed by atoms with E-state index in [0.29, 0.717) is 26.1 Å². The van der Waals surface area contributed by atoms with Crippen LogP contribution in [0.25, 0.3) is 0 Å². The van der Waals surface area contributed by atoms with Crippen LogP contribution in [0, 0.1) is 5.41 Å². The third kappa shape index (κ3) is 40.9. The number of alkyl halides is 1. The average molecular weight is 900 g/mol. The van der Waals surface area contributed by atoms with Crippen LogP contribution in [0.3, 0.4) is 0 Å². The molecular weight excluding hydrogens is 801 g/mol. The van der Waals surface area contributed by atoms with Gasteiger partial charge >= 0.3 is 14.5 Å². The molecular formula is C51H99BrO5Si. The summed E-state index contributed by atoms with van der Waals surface area (Å²) in [6, 6.07) is 0. The lowest BCUT2D eigenvalue weighted by Gasteiger charge is -2.31. The molecule has 1 unspecified atom stereocenters. The Labute approximate surface area is 372 Å². The van der Waals surface area contributed by atoms with E-state index in [1.807, 2.05) is 13.8 Å². The summed E-state index contributed by atoms with van der Waals surface area (Å²) in [6.07, 6.45) is 51.2. The monoisotopic (exact) mass is 899 g/mol. The first-order chi connectivity index (χ1) is 28.2. The molecule has 0 aromatic heterocycles. The number of halogens is 1. The van der Waals surface area contributed by atoms with Gasteiger partial charge in [0.05, 0.1) is 12.0 Å². The molecule has 0 bridgehead atoms. The van der Waals surface area contributed by atoms with Crippen molar-refractivity contribution in [3.05, 3.63) is 24.3 Å². The number of carbonyl (C=O) groups excluding carboxylic acids is 1. The largest absolute Gasteiger partial charge is 0.465 e. The summed E-state index contributed by atoms with van der Waals surface area (Å²) in [5.41, 5.74) is -0.584. The Bertz CT molecular complexity index is 923. The first-order valence-electron chi connectivity index (χ1n) is 25.1. The predicted octanol–water partition coefficient (Wildman–Crippen LogP) is 17.4. The minimum atomic E-state index is -2.39. The molecule has 0 aliphatic rings. The highest BCUT2D eigenvalue weighted by Gasteiger charge is 2.34. The van der Waals surface area contributed by atoms with Crippen molar-refractivity contribution < 1.29 is 23.1 Å². The summed E-state index contributed by atoms with van der Waals surface area (Å²) >= 11 is 3.53. The first-order valence-corrected chi connectivity index (χ1v) is 29.1. The Morgan fingerprint density at radius 2 is 0.914 bits per heavy atom. The standard InChI is InChI=1S/C51H99BrO5Si/c1-7-9-11-13-15-17-19-21-23-25-27-29-31-33-36-40-46-54-49(57-58(5,6)56-48-42-38-35-39-45-52)43-44-51(3,4)50(53)55-47-41-37-34-32-30-28-26-24-22-20-18-16-14-12-10-8-2/h21-24,49H,7-20,25-48H2,1-6H3/b23-21-,24-22-. The molecule has 0 aromatic rings. The van der Waals surface area contributed by atoms with Crippen LogP contribution in [0.15, 0.2) is 24.3 Å². The molecule has 7 heteroatoms. The van der Waals surface area contributed by atoms with Crippen molar-refractivity contribution >= 4 is 30.5 Å². The average Bonchev–Trinajstić information content (AvgIpc) is 3.20. The number of carbonyl (C=O) groups is 1. The van der Waals surface area contributed by atoms with Crippen molar-refractivity contribution in [1.82, 2.24) is 0 Å². The molecule has 0 rings (SSSR count). The highest BCUT2D eigenvalue weighted by molar-refractivity contribution is 9.09. The van der Waals surface area contributed by atoms with E-state index in [4.69, 9.17) is 18.3 Å². The molecule has 0 N–H and O–H groups in total. The summed E-state index contributed by atoms with van der Waals surface area (Å²) < 4.78 is 25.1. The van der Waals surface area contributed by atoms with Gasteiger partial charge in [0.2, 0.25) is 0 Å². The maximum atomic E-state index is 13.2. The SMILES string of the molecule is CCCCCCCC/C=C\CCCCCCCCOC(=O)C(C)(C)CCC(OCCCCCCCC/C=C\CCCCCCCC)O[Si](C)(C)OCCCCCCBr. The van der Waals surface area contributed by atoms with Crippen molar-refractivity contribution in [3.63, 3.8) is 0 Å². The van der Waals surface area contributed by atoms with E-state index in [1.165, 1.54) is 180 Å². The van der Waals surface area contributed by atoms with Gasteiger partial charge in [-0.2, -0.15) is 0 Å². The van der Waals surface area contributed by atoms with E-state index < -0.39 is 14.0 Å². The fourth-order valence-electron chi connectivity index (χ4n) is 7.25. The Kier molecular flexibility index (Phi) is 42.8. The molecule has 0 radical (unpaired) electrons. The van der Waals surface area contributed by atoms with Gasteiger partial charge in [0.15, 0.2) is 0 Å². The van der Waals surface area contributed by atoms with E-state index in [-0.39, 0.29) is 12.3 Å². The number of esters is 1. The van der Waals surface area contributed by atoms with Gasteiger partial charge in [-0.05, 0) is 117 Å². The van der Waals surface area contributed by atoms with E-state index in [0.717, 1.165) is 37.6 Å². The van der Waals surface area contributed by atoms with Crippen molar-refractivity contribution in [2.45, 2.75) is 265 Å². The second-order valence-electron chi connectivity index (χ2n) is 18.2. The summed E-state index contributed by atoms with van der Waals surface area (Å²) in [6.45, 7) is 14.8. The zero-order chi connectivity index (χ0) is 42.7. The van der Waals surface area contributed by atoms with E-state index in [1.54, 1.807) is 0 Å². The van der Waals surface area contributed by atoms with Crippen molar-refractivity contribution in [2.75, 3.05) is 25.2 Å². The quantitative estimate of drug-likeness (QED) is 0.0152. The Morgan fingerprint density at radius 1 is 0.534 bits per heavy atom. The maximum absolute atomic E-state index is 13.2. The molecule has 0 aliphatic heterocycles. The van der Waals surface area contributed by atoms with Crippen LogP contribution in [-0.4, -0.2) is 46.0 Å². The van der Waals surface area contributed by atoms with Crippen LogP contribution < -0.4 is 0 Å². The minimum Gasteiger partial charge on any atom is -0.465 e. The zero-order valence-electron chi connectivity index (χ0n) is 39.7. The van der Waals surface area contributed by atoms with Gasteiger partial charge in [-0.25, -0.2) is 0 Å². The molecule has 0 saturated carbocycles. The smallest absolute Gasteiger partial charge is 0.333 e. The highest BCUT2D eigenvalue weighted by Crippen LogP contribution is 2.28. The number of allylic oxidation sites excluding steroid dienone is 4. The molecule has 0 aliphatic carbocycles. The van der Waals surface area contributed by atoms with Crippen LogP contribution in [0.4, 0.5) is 0 Å². The second kappa shape index (κ2) is 43.2. The van der Waals surface area contributed by atoms with Gasteiger partial charge in [0, 0.05) is 18.5 Å². The Hall–Kier alpha value is -0.473. The molecule has 1 atom stereocenters. The molecule has 0 heterocycles. The summed E-state index contributed by atoms with van der Waals surface area (Å²) in [4.78, 5) is 13.2. The van der Waals surface area contributed by atoms with Gasteiger partial charge in [-0.3, -0.25) is 4.79 Å². The normalized spacial score (nSPS) is 13.0. The molecule has 0 fully saturated rings. The summed E-state index contributed by atoms with van der Waals surface area (Å²) in [7, 11) is -2.39. The zero-order valence-corrected chi connectivity index (χ0v) is 42.3. The Morgan fingerprint density at radius 3 is 1.36 bits per heavy atom. The molecule has 0 amide bonds. The lowest BCUT2D eigenvalue weighted by atomic mass is 9.88. The third-order valence-electron chi connectivity index (χ3n) is 11.3. The van der Waals surface area contributed by atoms with Gasteiger partial charge in [0.25, 0.3) is 0 Å². The van der Waals surface area contributed by atoms with Crippen molar-refractivity contribution in [3.8, 4) is 0 Å². The second-order valence-corrected chi connectivity index (χ2v) is 22.3. The lowest BCUT2D eigenvalue weighted by Crippen LogP contribution is -2.41. The molecule has 0 spiro atoms. The van der Waals surface area contributed by atoms with Gasteiger partial charge in [-0.15, -0.1) is 0 Å². The fraction of sp³-hybridized carbons (Fsp3) is 0.902. The van der Waals surface area contributed by atoms with Gasteiger partial charge in [-0.1, -0.05) is 182 Å². The highest BCUT2D eigenvalue weighted by atomic mass is 79.9. The first kappa shape index (κ1) is 57.5. The molecule has 5 nitrogen and oxygen atoms in total. The van der Waals surface area contributed by atoms with Crippen LogP contribution in [0.2, 0.25) is 13.1 Å². The molecule has 0 saturated heterocycles. The van der Waals surface area contributed by atoms with Crippen LogP contribution >= 0.6 is 15.9 Å². The van der Waals surface area contributed by atoms with Crippen molar-refractivity contribution in [2.24, 2.45) is 5.41 Å². The van der Waals surface area contributed by atoms with Gasteiger partial charge < -0.3 is 18.3 Å². The summed E-state index contributed by atoms with van der Waals surface area (Å²) in [5.74, 6) is -0.108. The van der Waals surface area contributed by atoms with E-state index in [2.05, 4.69) is 67.2 Å². The Balaban J connectivity index is 4.41. The number of hydrogen-bond acceptors (Lipinski definition) is 5. The van der Waals surface area contributed by atoms with Crippen LogP contribution in [0.5, 0.6) is 0 Å². The van der Waals surface area contributed by atoms with Gasteiger partial charge in [0.1, 0.15) is 6.29 Å². The lowest BCUT2D eigenvalue weighted by molar-refractivity contribution is -0.156. The van der Waals surface area contributed by atoms with E-state index >= 15 is 0 Å². The number of hydrogen-bond donors (Lipinski definition) is 0. The molecule has 0 aromatic carbocycles. The number of ether oxygens (including phenoxy) is 2. The molecule has 344 valence electrons. The van der Waals surface area contributed by atoms with Crippen LogP contribution in [0.1, 0.15) is 246 Å². The third-order valence-corrected chi connectivity index (χ3v) is 13.6. The van der Waals surface area contributed by atoms with E-state index in [9.17, 15) is 4.79 Å². The number of unbranched alkanes of at least 4 members (excludes halogenated alkanes) is 27. The topological polar surface area (TPSA) is 54.0 Å². The maximum Gasteiger partial charge on any atom is 0.333 e. The van der Waals surface area contributed by atoms with Crippen molar-refractivity contribution in [1.29, 1.82) is 0 Å². The number of rotatable bonds is 46. The minimum absolute atomic E-state index is 0.108. The van der Waals surface area contributed by atoms with Crippen LogP contribution in [-0.2, 0) is 23.1 Å². The molecule has 58 heavy (non-hydrogen) atoms. The fourth-order valence-corrected chi connectivity index (χ4v) is 9.17. The predicted molar refractivity (Wildman–Crippen MR) is 259 cm³/mol. The summed E-state index contributed by atoms with van der Waals surface area (Å²) in [5, 5.41) is 1.06.